The van der Waals surface area contributed by atoms with Crippen molar-refractivity contribution in [1.29, 1.82) is 0 Å². The molecule has 38 heavy (non-hydrogen) atoms. The van der Waals surface area contributed by atoms with E-state index in [1.54, 1.807) is 24.3 Å². The van der Waals surface area contributed by atoms with Gasteiger partial charge in [0.1, 0.15) is 0 Å². The molecular weight excluding hydrogens is 491 g/mol. The predicted molar refractivity (Wildman–Crippen MR) is 141 cm³/mol. The fourth-order valence-corrected chi connectivity index (χ4v) is 4.70. The number of nitrogen functional groups attached to an aromatic ring is 1. The number of aromatic amines is 1. The van der Waals surface area contributed by atoms with Gasteiger partial charge in [-0.15, -0.1) is 0 Å². The van der Waals surface area contributed by atoms with E-state index in [9.17, 15) is 18.0 Å². The third kappa shape index (κ3) is 5.66. The fraction of sp³-hybridized carbons (Fsp3) is 0.241. The molecule has 3 aromatic carbocycles. The summed E-state index contributed by atoms with van der Waals surface area (Å²) in [5.41, 5.74) is 7.82. The number of benzene rings is 3. The van der Waals surface area contributed by atoms with Crippen LogP contribution in [0.2, 0.25) is 0 Å². The molecule has 0 aliphatic carbocycles. The molecule has 194 valence electrons. The Hall–Kier alpha value is -4.29. The highest BCUT2D eigenvalue weighted by Crippen LogP contribution is 2.35. The molecule has 1 fully saturated rings. The number of hydrogen-bond donors (Lipinski definition) is 3. The molecule has 0 radical (unpaired) electrons. The molecule has 1 saturated heterocycles. The van der Waals surface area contributed by atoms with Gasteiger partial charge in [0.2, 0.25) is 0 Å². The third-order valence-electron chi connectivity index (χ3n) is 6.60. The normalized spacial score (nSPS) is 14.2. The second-order valence-corrected chi connectivity index (χ2v) is 9.33. The van der Waals surface area contributed by atoms with Crippen LogP contribution in [0.3, 0.4) is 0 Å². The summed E-state index contributed by atoms with van der Waals surface area (Å²) in [6.07, 6.45) is -1.43. The van der Waals surface area contributed by atoms with Crippen molar-refractivity contribution in [2.24, 2.45) is 0 Å². The summed E-state index contributed by atoms with van der Waals surface area (Å²) >= 11 is 0. The van der Waals surface area contributed by atoms with E-state index >= 15 is 0 Å². The number of aromatic nitrogens is 2. The van der Waals surface area contributed by atoms with Crippen molar-refractivity contribution in [2.75, 3.05) is 24.1 Å². The minimum absolute atomic E-state index is 0.0864. The molecule has 6 nitrogen and oxygen atoms in total. The van der Waals surface area contributed by atoms with Gasteiger partial charge < -0.3 is 11.1 Å². The van der Waals surface area contributed by atoms with E-state index in [1.165, 1.54) is 12.1 Å². The smallest absolute Gasteiger partial charge is 0.382 e. The molecule has 0 atom stereocenters. The number of carbonyl (C=O) groups is 1. The lowest BCUT2D eigenvalue weighted by atomic mass is 10.0. The molecule has 4 N–H and O–H groups in total. The lowest BCUT2D eigenvalue weighted by Gasteiger charge is -2.27. The Kier molecular flexibility index (Phi) is 7.07. The van der Waals surface area contributed by atoms with Crippen molar-refractivity contribution >= 4 is 28.3 Å². The van der Waals surface area contributed by atoms with E-state index in [0.717, 1.165) is 49.3 Å². The minimum atomic E-state index is -4.53. The van der Waals surface area contributed by atoms with Gasteiger partial charge >= 0.3 is 6.18 Å². The number of fused-ring (bicyclic) bond motifs is 1. The van der Waals surface area contributed by atoms with Crippen LogP contribution in [0, 0.1) is 11.8 Å². The highest BCUT2D eigenvalue weighted by molar-refractivity contribution is 6.04. The summed E-state index contributed by atoms with van der Waals surface area (Å²) in [7, 11) is 0. The summed E-state index contributed by atoms with van der Waals surface area (Å²) in [6, 6.07) is 16.1. The van der Waals surface area contributed by atoms with Crippen molar-refractivity contribution in [3.63, 3.8) is 0 Å². The number of nitrogens with zero attached hydrogens (tertiary/aromatic N) is 2. The Morgan fingerprint density at radius 3 is 2.61 bits per heavy atom. The molecule has 1 aromatic heterocycles. The van der Waals surface area contributed by atoms with Gasteiger partial charge in [0.25, 0.3) is 5.91 Å². The van der Waals surface area contributed by atoms with E-state index in [0.29, 0.717) is 16.9 Å². The number of alkyl halides is 3. The SMILES string of the molecule is Nc1n[nH]c2cccc(C#Cc3cccc(C(=O)Nc4ccc(CN5CCCCC5)c(C(F)(F)F)c4)c3)c12. The van der Waals surface area contributed by atoms with Crippen LogP contribution >= 0.6 is 0 Å². The molecule has 9 heteroatoms. The van der Waals surface area contributed by atoms with Gasteiger partial charge in [0, 0.05) is 28.9 Å². The Morgan fingerprint density at radius 1 is 1.03 bits per heavy atom. The van der Waals surface area contributed by atoms with E-state index in [1.807, 2.05) is 23.1 Å². The van der Waals surface area contributed by atoms with Gasteiger partial charge in [0.05, 0.1) is 16.5 Å². The van der Waals surface area contributed by atoms with E-state index < -0.39 is 17.6 Å². The molecule has 0 bridgehead atoms. The predicted octanol–water partition coefficient (Wildman–Crippen LogP) is 5.80. The maximum atomic E-state index is 13.9. The zero-order chi connectivity index (χ0) is 26.7. The lowest BCUT2D eigenvalue weighted by Crippen LogP contribution is -2.30. The average molecular weight is 518 g/mol. The van der Waals surface area contributed by atoms with Crippen molar-refractivity contribution in [3.05, 3.63) is 88.5 Å². The number of H-pyrrole nitrogens is 1. The zero-order valence-electron chi connectivity index (χ0n) is 20.5. The van der Waals surface area contributed by atoms with Crippen LogP contribution in [-0.4, -0.2) is 34.1 Å². The number of anilines is 2. The summed E-state index contributed by atoms with van der Waals surface area (Å²) in [5, 5.41) is 10.2. The maximum absolute atomic E-state index is 13.9. The first-order valence-corrected chi connectivity index (χ1v) is 12.4. The fourth-order valence-electron chi connectivity index (χ4n) is 4.70. The second kappa shape index (κ2) is 10.6. The van der Waals surface area contributed by atoms with Crippen molar-refractivity contribution < 1.29 is 18.0 Å². The number of carbonyl (C=O) groups excluding carboxylic acids is 1. The Labute approximate surface area is 218 Å². The molecule has 0 unspecified atom stereocenters. The molecular formula is C29H26F3N5O. The van der Waals surface area contributed by atoms with Crippen molar-refractivity contribution in [1.82, 2.24) is 15.1 Å². The summed E-state index contributed by atoms with van der Waals surface area (Å²) in [4.78, 5) is 15.0. The summed E-state index contributed by atoms with van der Waals surface area (Å²) in [6.45, 7) is 1.82. The number of halogens is 3. The molecule has 1 amide bonds. The minimum Gasteiger partial charge on any atom is -0.382 e. The molecule has 1 aliphatic rings. The third-order valence-corrected chi connectivity index (χ3v) is 6.60. The number of likely N-dealkylation sites (tertiary alicyclic amines) is 1. The van der Waals surface area contributed by atoms with Crippen molar-refractivity contribution in [3.8, 4) is 11.8 Å². The Morgan fingerprint density at radius 2 is 1.82 bits per heavy atom. The molecule has 4 aromatic rings. The molecule has 0 spiro atoms. The number of piperidine rings is 1. The number of rotatable bonds is 4. The van der Waals surface area contributed by atoms with Gasteiger partial charge in [0.15, 0.2) is 5.82 Å². The monoisotopic (exact) mass is 517 g/mol. The first kappa shape index (κ1) is 25.4. The van der Waals surface area contributed by atoms with Gasteiger partial charge in [-0.3, -0.25) is 14.8 Å². The van der Waals surface area contributed by atoms with Gasteiger partial charge in [-0.1, -0.05) is 36.5 Å². The first-order valence-electron chi connectivity index (χ1n) is 12.4. The molecule has 0 saturated carbocycles. The van der Waals surface area contributed by atoms with Crippen LogP contribution in [-0.2, 0) is 12.7 Å². The first-order chi connectivity index (χ1) is 18.3. The van der Waals surface area contributed by atoms with Crippen LogP contribution in [0.4, 0.5) is 24.7 Å². The molecule has 5 rings (SSSR count). The van der Waals surface area contributed by atoms with Crippen LogP contribution in [0.1, 0.15) is 51.9 Å². The van der Waals surface area contributed by atoms with Gasteiger partial charge in [-0.2, -0.15) is 18.3 Å². The topological polar surface area (TPSA) is 87.0 Å². The lowest BCUT2D eigenvalue weighted by molar-refractivity contribution is -0.138. The van der Waals surface area contributed by atoms with Crippen LogP contribution in [0.15, 0.2) is 60.7 Å². The van der Waals surface area contributed by atoms with Gasteiger partial charge in [-0.25, -0.2) is 0 Å². The summed E-state index contributed by atoms with van der Waals surface area (Å²) in [5.74, 6) is 5.91. The average Bonchev–Trinajstić information content (AvgIpc) is 3.30. The largest absolute Gasteiger partial charge is 0.416 e. The highest BCUT2D eigenvalue weighted by Gasteiger charge is 2.34. The quantitative estimate of drug-likeness (QED) is 0.299. The molecule has 2 heterocycles. The maximum Gasteiger partial charge on any atom is 0.416 e. The van der Waals surface area contributed by atoms with Crippen LogP contribution in [0.5, 0.6) is 0 Å². The van der Waals surface area contributed by atoms with E-state index in [4.69, 9.17) is 5.73 Å². The number of nitrogens with two attached hydrogens (primary N) is 1. The Balaban J connectivity index is 1.35. The zero-order valence-corrected chi connectivity index (χ0v) is 20.5. The number of nitrogens with one attached hydrogen (secondary N) is 2. The van der Waals surface area contributed by atoms with E-state index in [-0.39, 0.29) is 23.4 Å². The number of amides is 1. The van der Waals surface area contributed by atoms with E-state index in [2.05, 4.69) is 27.4 Å². The number of hydrogen-bond acceptors (Lipinski definition) is 4. The summed E-state index contributed by atoms with van der Waals surface area (Å²) < 4.78 is 41.6. The second-order valence-electron chi connectivity index (χ2n) is 9.33. The Bertz CT molecular complexity index is 1540. The standard InChI is InChI=1S/C29H26F3N5O/c30-29(31,32)24-17-23(13-12-22(24)18-37-14-2-1-3-15-37)34-28(38)21-8-4-6-19(16-21)10-11-20-7-5-9-25-26(20)27(33)36-35-25/h4-9,12-13,16-17H,1-3,14-15,18H2,(H,34,38)(H3,33,35,36). The molecule has 1 aliphatic heterocycles. The van der Waals surface area contributed by atoms with Gasteiger partial charge in [-0.05, 0) is 74.0 Å². The van der Waals surface area contributed by atoms with Crippen LogP contribution < -0.4 is 11.1 Å². The van der Waals surface area contributed by atoms with Crippen molar-refractivity contribution in [2.45, 2.75) is 32.0 Å². The van der Waals surface area contributed by atoms with Crippen LogP contribution in [0.25, 0.3) is 10.9 Å². The highest BCUT2D eigenvalue weighted by atomic mass is 19.4.